The van der Waals surface area contributed by atoms with Crippen LogP contribution in [-0.2, 0) is 13.1 Å². The quantitative estimate of drug-likeness (QED) is 0.893. The molecule has 0 saturated heterocycles. The zero-order valence-corrected chi connectivity index (χ0v) is 11.5. The SMILES string of the molecule is CCCn1ccn(CC(N)c2ccc(C)cc2)c1=O. The van der Waals surface area contributed by atoms with Crippen molar-refractivity contribution < 1.29 is 0 Å². The standard InChI is InChI=1S/C15H21N3O/c1-3-8-17-9-10-18(15(17)19)11-14(16)13-6-4-12(2)5-7-13/h4-7,9-10,14H,3,8,11,16H2,1-2H3. The first-order chi connectivity index (χ1) is 9.11. The van der Waals surface area contributed by atoms with E-state index >= 15 is 0 Å². The van der Waals surface area contributed by atoms with Crippen molar-refractivity contribution in [1.82, 2.24) is 9.13 Å². The first-order valence-corrected chi connectivity index (χ1v) is 6.69. The van der Waals surface area contributed by atoms with Crippen molar-refractivity contribution in [2.45, 2.75) is 39.4 Å². The summed E-state index contributed by atoms with van der Waals surface area (Å²) < 4.78 is 3.40. The molecular weight excluding hydrogens is 238 g/mol. The summed E-state index contributed by atoms with van der Waals surface area (Å²) in [5.74, 6) is 0. The van der Waals surface area contributed by atoms with Gasteiger partial charge in [0.25, 0.3) is 0 Å². The molecule has 0 aliphatic heterocycles. The van der Waals surface area contributed by atoms with Gasteiger partial charge < -0.3 is 5.73 Å². The topological polar surface area (TPSA) is 52.9 Å². The molecule has 1 unspecified atom stereocenters. The maximum atomic E-state index is 12.1. The summed E-state index contributed by atoms with van der Waals surface area (Å²) >= 11 is 0. The summed E-state index contributed by atoms with van der Waals surface area (Å²) in [6.07, 6.45) is 4.59. The Morgan fingerprint density at radius 2 is 1.79 bits per heavy atom. The minimum Gasteiger partial charge on any atom is -0.322 e. The van der Waals surface area contributed by atoms with Gasteiger partial charge in [0.15, 0.2) is 0 Å². The summed E-state index contributed by atoms with van der Waals surface area (Å²) in [6, 6.07) is 7.97. The average Bonchev–Trinajstić information content (AvgIpc) is 2.73. The van der Waals surface area contributed by atoms with E-state index in [4.69, 9.17) is 5.73 Å². The van der Waals surface area contributed by atoms with E-state index in [1.807, 2.05) is 43.6 Å². The molecule has 4 nitrogen and oxygen atoms in total. The lowest BCUT2D eigenvalue weighted by Gasteiger charge is -2.12. The van der Waals surface area contributed by atoms with Crippen molar-refractivity contribution in [3.63, 3.8) is 0 Å². The molecule has 19 heavy (non-hydrogen) atoms. The Morgan fingerprint density at radius 3 is 2.42 bits per heavy atom. The highest BCUT2D eigenvalue weighted by Crippen LogP contribution is 2.12. The number of rotatable bonds is 5. The predicted octanol–water partition coefficient (Wildman–Crippen LogP) is 2.07. The number of aromatic nitrogens is 2. The molecule has 0 amide bonds. The van der Waals surface area contributed by atoms with Crippen LogP contribution in [0.5, 0.6) is 0 Å². The highest BCUT2D eigenvalue weighted by molar-refractivity contribution is 5.23. The highest BCUT2D eigenvalue weighted by Gasteiger charge is 2.09. The van der Waals surface area contributed by atoms with Gasteiger partial charge in [-0.05, 0) is 18.9 Å². The van der Waals surface area contributed by atoms with Crippen LogP contribution in [-0.4, -0.2) is 9.13 Å². The fraction of sp³-hybridized carbons (Fsp3) is 0.400. The van der Waals surface area contributed by atoms with Crippen molar-refractivity contribution in [3.05, 3.63) is 58.3 Å². The second-order valence-electron chi connectivity index (χ2n) is 4.94. The van der Waals surface area contributed by atoms with Crippen LogP contribution in [0.1, 0.15) is 30.5 Å². The van der Waals surface area contributed by atoms with Crippen LogP contribution in [0.3, 0.4) is 0 Å². The molecule has 2 aromatic rings. The smallest absolute Gasteiger partial charge is 0.322 e. The first kappa shape index (κ1) is 13.6. The molecule has 0 aliphatic carbocycles. The Morgan fingerprint density at radius 1 is 1.16 bits per heavy atom. The van der Waals surface area contributed by atoms with E-state index in [-0.39, 0.29) is 11.7 Å². The third-order valence-corrected chi connectivity index (χ3v) is 3.28. The molecule has 0 fully saturated rings. The minimum atomic E-state index is -0.157. The molecule has 0 bridgehead atoms. The fourth-order valence-electron chi connectivity index (χ4n) is 2.13. The van der Waals surface area contributed by atoms with Crippen LogP contribution < -0.4 is 11.4 Å². The second-order valence-corrected chi connectivity index (χ2v) is 4.94. The van der Waals surface area contributed by atoms with Gasteiger partial charge in [-0.15, -0.1) is 0 Å². The van der Waals surface area contributed by atoms with Crippen LogP contribution in [0.15, 0.2) is 41.5 Å². The normalized spacial score (nSPS) is 12.6. The summed E-state index contributed by atoms with van der Waals surface area (Å²) in [5, 5.41) is 0. The highest BCUT2D eigenvalue weighted by atomic mass is 16.1. The molecule has 102 valence electrons. The number of hydrogen-bond acceptors (Lipinski definition) is 2. The monoisotopic (exact) mass is 259 g/mol. The lowest BCUT2D eigenvalue weighted by atomic mass is 10.1. The van der Waals surface area contributed by atoms with E-state index in [0.717, 1.165) is 18.5 Å². The van der Waals surface area contributed by atoms with Crippen molar-refractivity contribution in [3.8, 4) is 0 Å². The van der Waals surface area contributed by atoms with E-state index in [1.54, 1.807) is 9.13 Å². The van der Waals surface area contributed by atoms with Gasteiger partial charge in [0.1, 0.15) is 0 Å². The van der Waals surface area contributed by atoms with Gasteiger partial charge in [-0.2, -0.15) is 0 Å². The van der Waals surface area contributed by atoms with E-state index in [1.165, 1.54) is 5.56 Å². The molecule has 0 aliphatic rings. The average molecular weight is 259 g/mol. The summed E-state index contributed by atoms with van der Waals surface area (Å²) in [7, 11) is 0. The molecule has 1 atom stereocenters. The number of aryl methyl sites for hydroxylation is 2. The Kier molecular flexibility index (Phi) is 4.22. The maximum absolute atomic E-state index is 12.1. The van der Waals surface area contributed by atoms with Crippen LogP contribution in [0.4, 0.5) is 0 Å². The van der Waals surface area contributed by atoms with Gasteiger partial charge in [0, 0.05) is 31.5 Å². The Hall–Kier alpha value is -1.81. The molecule has 0 spiro atoms. The molecular formula is C15H21N3O. The van der Waals surface area contributed by atoms with Gasteiger partial charge in [-0.1, -0.05) is 36.8 Å². The first-order valence-electron chi connectivity index (χ1n) is 6.69. The van der Waals surface area contributed by atoms with E-state index in [0.29, 0.717) is 6.54 Å². The van der Waals surface area contributed by atoms with Crippen molar-refractivity contribution in [2.75, 3.05) is 0 Å². The summed E-state index contributed by atoms with van der Waals surface area (Å²) in [5.41, 5.74) is 8.44. The minimum absolute atomic E-state index is 0.0180. The van der Waals surface area contributed by atoms with Crippen molar-refractivity contribution in [1.29, 1.82) is 0 Å². The molecule has 1 aromatic heterocycles. The van der Waals surface area contributed by atoms with Crippen LogP contribution >= 0.6 is 0 Å². The molecule has 2 rings (SSSR count). The lowest BCUT2D eigenvalue weighted by molar-refractivity contribution is 0.541. The Balaban J connectivity index is 2.12. The third kappa shape index (κ3) is 3.15. The van der Waals surface area contributed by atoms with Gasteiger partial charge in [0.05, 0.1) is 0 Å². The van der Waals surface area contributed by atoms with Crippen molar-refractivity contribution >= 4 is 0 Å². The maximum Gasteiger partial charge on any atom is 0.328 e. The summed E-state index contributed by atoms with van der Waals surface area (Å²) in [6.45, 7) is 5.37. The molecule has 0 radical (unpaired) electrons. The van der Waals surface area contributed by atoms with Gasteiger partial charge in [-0.25, -0.2) is 4.79 Å². The van der Waals surface area contributed by atoms with Gasteiger partial charge in [-0.3, -0.25) is 9.13 Å². The Labute approximate surface area is 113 Å². The molecule has 1 aromatic carbocycles. The molecule has 0 saturated carbocycles. The van der Waals surface area contributed by atoms with E-state index in [2.05, 4.69) is 6.92 Å². The summed E-state index contributed by atoms with van der Waals surface area (Å²) in [4.78, 5) is 12.1. The largest absolute Gasteiger partial charge is 0.328 e. The number of benzene rings is 1. The Bertz CT molecular complexity index is 580. The van der Waals surface area contributed by atoms with Crippen LogP contribution in [0, 0.1) is 6.92 Å². The fourth-order valence-corrected chi connectivity index (χ4v) is 2.13. The lowest BCUT2D eigenvalue weighted by Crippen LogP contribution is -2.28. The molecule has 2 N–H and O–H groups in total. The second kappa shape index (κ2) is 5.89. The van der Waals surface area contributed by atoms with Gasteiger partial charge >= 0.3 is 5.69 Å². The van der Waals surface area contributed by atoms with E-state index in [9.17, 15) is 4.79 Å². The van der Waals surface area contributed by atoms with Crippen molar-refractivity contribution in [2.24, 2.45) is 5.73 Å². The number of nitrogens with zero attached hydrogens (tertiary/aromatic N) is 2. The number of nitrogens with two attached hydrogens (primary N) is 1. The van der Waals surface area contributed by atoms with E-state index < -0.39 is 0 Å². The molecule has 4 heteroatoms. The number of hydrogen-bond donors (Lipinski definition) is 1. The number of imidazole rings is 1. The third-order valence-electron chi connectivity index (χ3n) is 3.28. The van der Waals surface area contributed by atoms with Gasteiger partial charge in [0.2, 0.25) is 0 Å². The van der Waals surface area contributed by atoms with Crippen LogP contribution in [0.2, 0.25) is 0 Å². The zero-order valence-electron chi connectivity index (χ0n) is 11.5. The van der Waals surface area contributed by atoms with Crippen LogP contribution in [0.25, 0.3) is 0 Å². The zero-order chi connectivity index (χ0) is 13.8. The predicted molar refractivity (Wildman–Crippen MR) is 77.1 cm³/mol. The molecule has 1 heterocycles.